The largest absolute Gasteiger partial charge is 0.378 e. The Morgan fingerprint density at radius 3 is 2.15 bits per heavy atom. The highest BCUT2D eigenvalue weighted by Crippen LogP contribution is 2.25. The van der Waals surface area contributed by atoms with Gasteiger partial charge in [0.1, 0.15) is 0 Å². The normalized spacial score (nSPS) is 21.9. The lowest BCUT2D eigenvalue weighted by molar-refractivity contribution is 0.00447. The third-order valence-electron chi connectivity index (χ3n) is 4.44. The van der Waals surface area contributed by atoms with E-state index in [-0.39, 0.29) is 5.54 Å². The first-order valence-electron chi connectivity index (χ1n) is 8.37. The van der Waals surface area contributed by atoms with Gasteiger partial charge in [-0.05, 0) is 52.4 Å². The standard InChI is InChI=1S/C17H36N2O/c1-7-17(6,13-18-16(3,4)5)14-19-11-9-15(10-12-19)20-8-2/h15,18H,7-14H2,1-6H3. The minimum absolute atomic E-state index is 0.207. The summed E-state index contributed by atoms with van der Waals surface area (Å²) in [5, 5.41) is 3.68. The Bertz CT molecular complexity index is 267. The van der Waals surface area contributed by atoms with Crippen molar-refractivity contribution in [3.8, 4) is 0 Å². The molecule has 120 valence electrons. The summed E-state index contributed by atoms with van der Waals surface area (Å²) < 4.78 is 5.74. The highest BCUT2D eigenvalue weighted by atomic mass is 16.5. The van der Waals surface area contributed by atoms with Crippen LogP contribution in [0, 0.1) is 5.41 Å². The van der Waals surface area contributed by atoms with Crippen molar-refractivity contribution >= 4 is 0 Å². The van der Waals surface area contributed by atoms with Gasteiger partial charge in [-0.3, -0.25) is 0 Å². The number of piperidine rings is 1. The molecule has 0 aromatic heterocycles. The van der Waals surface area contributed by atoms with E-state index in [0.29, 0.717) is 11.5 Å². The minimum atomic E-state index is 0.207. The van der Waals surface area contributed by atoms with Crippen molar-refractivity contribution in [3.05, 3.63) is 0 Å². The second-order valence-electron chi connectivity index (χ2n) is 7.70. The molecular formula is C17H36N2O. The van der Waals surface area contributed by atoms with E-state index in [9.17, 15) is 0 Å². The maximum atomic E-state index is 5.74. The van der Waals surface area contributed by atoms with Crippen LogP contribution in [0.2, 0.25) is 0 Å². The second-order valence-corrected chi connectivity index (χ2v) is 7.70. The van der Waals surface area contributed by atoms with Crippen molar-refractivity contribution in [1.82, 2.24) is 10.2 Å². The molecule has 1 heterocycles. The molecule has 1 atom stereocenters. The van der Waals surface area contributed by atoms with Gasteiger partial charge in [0.05, 0.1) is 6.10 Å². The molecule has 0 aliphatic carbocycles. The van der Waals surface area contributed by atoms with Crippen LogP contribution in [0.3, 0.4) is 0 Å². The van der Waals surface area contributed by atoms with Crippen LogP contribution in [0.25, 0.3) is 0 Å². The predicted molar refractivity (Wildman–Crippen MR) is 87.2 cm³/mol. The monoisotopic (exact) mass is 284 g/mol. The molecule has 1 rings (SSSR count). The molecule has 0 amide bonds. The van der Waals surface area contributed by atoms with Crippen LogP contribution < -0.4 is 5.32 Å². The molecule has 0 aromatic rings. The fourth-order valence-corrected chi connectivity index (χ4v) is 2.78. The van der Waals surface area contributed by atoms with E-state index in [1.165, 1.54) is 38.9 Å². The predicted octanol–water partition coefficient (Wildman–Crippen LogP) is 3.29. The molecule has 1 aliphatic rings. The summed E-state index contributed by atoms with van der Waals surface area (Å²) in [6.07, 6.45) is 4.11. The first-order chi connectivity index (χ1) is 9.28. The Labute approximate surface area is 126 Å². The number of ether oxygens (including phenoxy) is 1. The van der Waals surface area contributed by atoms with Crippen LogP contribution in [0.4, 0.5) is 0 Å². The maximum Gasteiger partial charge on any atom is 0.0599 e. The molecule has 0 radical (unpaired) electrons. The van der Waals surface area contributed by atoms with Gasteiger partial charge in [0.25, 0.3) is 0 Å². The summed E-state index contributed by atoms with van der Waals surface area (Å²) in [5.41, 5.74) is 0.574. The molecule has 1 saturated heterocycles. The average Bonchev–Trinajstić information content (AvgIpc) is 2.38. The van der Waals surface area contributed by atoms with Crippen molar-refractivity contribution in [1.29, 1.82) is 0 Å². The van der Waals surface area contributed by atoms with Gasteiger partial charge in [-0.1, -0.05) is 13.8 Å². The van der Waals surface area contributed by atoms with Gasteiger partial charge in [0.15, 0.2) is 0 Å². The molecule has 0 aromatic carbocycles. The van der Waals surface area contributed by atoms with Crippen LogP contribution in [0.15, 0.2) is 0 Å². The van der Waals surface area contributed by atoms with E-state index in [2.05, 4.69) is 51.8 Å². The fraction of sp³-hybridized carbons (Fsp3) is 1.00. The molecular weight excluding hydrogens is 248 g/mol. The third-order valence-corrected chi connectivity index (χ3v) is 4.44. The Morgan fingerprint density at radius 2 is 1.70 bits per heavy atom. The first kappa shape index (κ1) is 17.9. The molecule has 0 bridgehead atoms. The Kier molecular flexibility index (Phi) is 6.96. The van der Waals surface area contributed by atoms with Gasteiger partial charge >= 0.3 is 0 Å². The zero-order chi connectivity index (χ0) is 15.2. The number of nitrogens with one attached hydrogen (secondary N) is 1. The van der Waals surface area contributed by atoms with Crippen LogP contribution in [-0.4, -0.2) is 49.3 Å². The Balaban J connectivity index is 2.40. The van der Waals surface area contributed by atoms with Crippen LogP contribution >= 0.6 is 0 Å². The van der Waals surface area contributed by atoms with Crippen LogP contribution in [-0.2, 0) is 4.74 Å². The van der Waals surface area contributed by atoms with E-state index in [1.807, 2.05) is 0 Å². The number of hydrogen-bond donors (Lipinski definition) is 1. The van der Waals surface area contributed by atoms with Crippen molar-refractivity contribution < 1.29 is 4.74 Å². The highest BCUT2D eigenvalue weighted by Gasteiger charge is 2.29. The smallest absolute Gasteiger partial charge is 0.0599 e. The number of rotatable bonds is 7. The summed E-state index contributed by atoms with van der Waals surface area (Å²) in [5.74, 6) is 0. The molecule has 0 spiro atoms. The number of nitrogens with zero attached hydrogens (tertiary/aromatic N) is 1. The van der Waals surface area contributed by atoms with Gasteiger partial charge < -0.3 is 15.0 Å². The fourth-order valence-electron chi connectivity index (χ4n) is 2.78. The zero-order valence-electron chi connectivity index (χ0n) is 14.6. The topological polar surface area (TPSA) is 24.5 Å². The molecule has 0 saturated carbocycles. The first-order valence-corrected chi connectivity index (χ1v) is 8.37. The number of hydrogen-bond acceptors (Lipinski definition) is 3. The summed E-state index contributed by atoms with van der Waals surface area (Å²) in [7, 11) is 0. The van der Waals surface area contributed by atoms with Crippen LogP contribution in [0.1, 0.15) is 60.8 Å². The zero-order valence-corrected chi connectivity index (χ0v) is 14.6. The molecule has 1 N–H and O–H groups in total. The molecule has 1 fully saturated rings. The number of likely N-dealkylation sites (tertiary alicyclic amines) is 1. The van der Waals surface area contributed by atoms with Gasteiger partial charge in [-0.15, -0.1) is 0 Å². The average molecular weight is 284 g/mol. The second kappa shape index (κ2) is 7.77. The van der Waals surface area contributed by atoms with E-state index >= 15 is 0 Å². The molecule has 1 aliphatic heterocycles. The molecule has 3 nitrogen and oxygen atoms in total. The molecule has 3 heteroatoms. The Hall–Kier alpha value is -0.120. The van der Waals surface area contributed by atoms with Crippen molar-refractivity contribution in [2.75, 3.05) is 32.8 Å². The van der Waals surface area contributed by atoms with Crippen molar-refractivity contribution in [2.24, 2.45) is 5.41 Å². The SMILES string of the molecule is CCOC1CCN(CC(C)(CC)CNC(C)(C)C)CC1. The summed E-state index contributed by atoms with van der Waals surface area (Å²) in [6, 6.07) is 0. The summed E-state index contributed by atoms with van der Waals surface area (Å²) in [4.78, 5) is 2.63. The van der Waals surface area contributed by atoms with E-state index < -0.39 is 0 Å². The summed E-state index contributed by atoms with van der Waals surface area (Å²) >= 11 is 0. The van der Waals surface area contributed by atoms with Gasteiger partial charge in [-0.2, -0.15) is 0 Å². The third kappa shape index (κ3) is 6.55. The van der Waals surface area contributed by atoms with Gasteiger partial charge in [0.2, 0.25) is 0 Å². The Morgan fingerprint density at radius 1 is 1.10 bits per heavy atom. The lowest BCUT2D eigenvalue weighted by Crippen LogP contribution is -2.49. The highest BCUT2D eigenvalue weighted by molar-refractivity contribution is 4.85. The van der Waals surface area contributed by atoms with Gasteiger partial charge in [0, 0.05) is 38.3 Å². The molecule has 1 unspecified atom stereocenters. The quantitative estimate of drug-likeness (QED) is 0.776. The summed E-state index contributed by atoms with van der Waals surface area (Å²) in [6.45, 7) is 19.1. The van der Waals surface area contributed by atoms with E-state index in [0.717, 1.165) is 13.2 Å². The maximum absolute atomic E-state index is 5.74. The van der Waals surface area contributed by atoms with Gasteiger partial charge in [-0.25, -0.2) is 0 Å². The lowest BCUT2D eigenvalue weighted by atomic mass is 9.85. The van der Waals surface area contributed by atoms with Crippen molar-refractivity contribution in [3.63, 3.8) is 0 Å². The van der Waals surface area contributed by atoms with E-state index in [1.54, 1.807) is 0 Å². The minimum Gasteiger partial charge on any atom is -0.378 e. The van der Waals surface area contributed by atoms with E-state index in [4.69, 9.17) is 4.74 Å². The van der Waals surface area contributed by atoms with Crippen LogP contribution in [0.5, 0.6) is 0 Å². The van der Waals surface area contributed by atoms with Crippen molar-refractivity contribution in [2.45, 2.75) is 72.4 Å². The molecule has 20 heavy (non-hydrogen) atoms. The lowest BCUT2D eigenvalue weighted by Gasteiger charge is -2.40.